The van der Waals surface area contributed by atoms with Crippen molar-refractivity contribution in [1.29, 1.82) is 0 Å². The number of nitrogens with one attached hydrogen (secondary N) is 1. The number of aromatic nitrogens is 1. The Balaban J connectivity index is 1.65. The molecule has 5 heteroatoms. The minimum absolute atomic E-state index is 0.0213. The van der Waals surface area contributed by atoms with Crippen LogP contribution in [-0.4, -0.2) is 22.3 Å². The highest BCUT2D eigenvalue weighted by molar-refractivity contribution is 9.10. The monoisotopic (exact) mass is 372 g/mol. The maximum atomic E-state index is 13.5. The van der Waals surface area contributed by atoms with Crippen LogP contribution in [0.15, 0.2) is 46.9 Å². The molecule has 2 heterocycles. The van der Waals surface area contributed by atoms with Crippen molar-refractivity contribution in [1.82, 2.24) is 9.88 Å². The van der Waals surface area contributed by atoms with Crippen LogP contribution in [0.2, 0.25) is 0 Å². The van der Waals surface area contributed by atoms with Gasteiger partial charge in [-0.05, 0) is 54.4 Å². The molecule has 0 radical (unpaired) electrons. The molecule has 1 amide bonds. The van der Waals surface area contributed by atoms with Crippen molar-refractivity contribution in [3.05, 3.63) is 69.6 Å². The van der Waals surface area contributed by atoms with Gasteiger partial charge in [0.1, 0.15) is 5.82 Å². The first-order chi connectivity index (χ1) is 11.1. The predicted molar refractivity (Wildman–Crippen MR) is 90.8 cm³/mol. The van der Waals surface area contributed by atoms with Gasteiger partial charge in [0, 0.05) is 33.2 Å². The number of halogens is 2. The van der Waals surface area contributed by atoms with Crippen LogP contribution >= 0.6 is 15.9 Å². The zero-order valence-corrected chi connectivity index (χ0v) is 13.9. The lowest BCUT2D eigenvalue weighted by Gasteiger charge is -2.27. The molecule has 0 fully saturated rings. The summed E-state index contributed by atoms with van der Waals surface area (Å²) in [5, 5.41) is 0.927. The fourth-order valence-electron chi connectivity index (χ4n) is 3.16. The van der Waals surface area contributed by atoms with Crippen molar-refractivity contribution in [3.63, 3.8) is 0 Å². The predicted octanol–water partition coefficient (Wildman–Crippen LogP) is 4.27. The number of hydrogen-bond acceptors (Lipinski definition) is 1. The van der Waals surface area contributed by atoms with Crippen LogP contribution in [0.25, 0.3) is 10.9 Å². The van der Waals surface area contributed by atoms with Crippen LogP contribution < -0.4 is 0 Å². The zero-order chi connectivity index (χ0) is 16.0. The molecule has 0 atom stereocenters. The molecule has 0 bridgehead atoms. The normalized spacial score (nSPS) is 14.1. The smallest absolute Gasteiger partial charge is 0.254 e. The van der Waals surface area contributed by atoms with Gasteiger partial charge in [0.25, 0.3) is 5.91 Å². The molecule has 0 aliphatic carbocycles. The molecule has 2 aromatic carbocycles. The molecular weight excluding hydrogens is 359 g/mol. The van der Waals surface area contributed by atoms with Crippen molar-refractivity contribution in [2.24, 2.45) is 0 Å². The van der Waals surface area contributed by atoms with E-state index in [0.29, 0.717) is 18.7 Å². The first kappa shape index (κ1) is 14.5. The van der Waals surface area contributed by atoms with E-state index in [0.717, 1.165) is 33.1 Å². The lowest BCUT2D eigenvalue weighted by Crippen LogP contribution is -2.35. The molecule has 1 aliphatic rings. The molecular formula is C18H14BrFN2O. The first-order valence-electron chi connectivity index (χ1n) is 7.45. The second-order valence-corrected chi connectivity index (χ2v) is 6.67. The summed E-state index contributed by atoms with van der Waals surface area (Å²) in [7, 11) is 0. The molecule has 4 rings (SSSR count). The second kappa shape index (κ2) is 5.49. The average Bonchev–Trinajstić information content (AvgIpc) is 2.92. The molecule has 23 heavy (non-hydrogen) atoms. The fraction of sp³-hybridized carbons (Fsp3) is 0.167. The van der Waals surface area contributed by atoms with Gasteiger partial charge < -0.3 is 9.88 Å². The van der Waals surface area contributed by atoms with Crippen molar-refractivity contribution in [3.8, 4) is 0 Å². The van der Waals surface area contributed by atoms with E-state index in [9.17, 15) is 9.18 Å². The van der Waals surface area contributed by atoms with Gasteiger partial charge in [-0.25, -0.2) is 4.39 Å². The molecule has 3 aromatic rings. The Kier molecular flexibility index (Phi) is 3.45. The third-order valence-corrected chi connectivity index (χ3v) is 4.84. The number of amides is 1. The number of H-pyrrole nitrogens is 1. The SMILES string of the molecule is O=C(c1ccc(Br)cc1)N1CCc2c([nH]c3ccc(F)cc23)C1. The number of benzene rings is 2. The van der Waals surface area contributed by atoms with E-state index in [-0.39, 0.29) is 11.7 Å². The van der Waals surface area contributed by atoms with Crippen LogP contribution in [0, 0.1) is 5.82 Å². The third-order valence-electron chi connectivity index (χ3n) is 4.32. The second-order valence-electron chi connectivity index (χ2n) is 5.76. The van der Waals surface area contributed by atoms with Gasteiger partial charge in [-0.15, -0.1) is 0 Å². The number of nitrogens with zero attached hydrogens (tertiary/aromatic N) is 1. The Morgan fingerprint density at radius 3 is 2.74 bits per heavy atom. The molecule has 1 aromatic heterocycles. The Hall–Kier alpha value is -2.14. The van der Waals surface area contributed by atoms with Crippen molar-refractivity contribution < 1.29 is 9.18 Å². The van der Waals surface area contributed by atoms with E-state index in [2.05, 4.69) is 20.9 Å². The molecule has 0 spiro atoms. The lowest BCUT2D eigenvalue weighted by atomic mass is 10.0. The van der Waals surface area contributed by atoms with Gasteiger partial charge in [0.2, 0.25) is 0 Å². The summed E-state index contributed by atoms with van der Waals surface area (Å²) >= 11 is 3.38. The molecule has 0 saturated heterocycles. The van der Waals surface area contributed by atoms with Gasteiger partial charge in [-0.1, -0.05) is 15.9 Å². The summed E-state index contributed by atoms with van der Waals surface area (Å²) in [6.07, 6.45) is 0.737. The Labute approximate surface area is 141 Å². The third kappa shape index (κ3) is 2.55. The summed E-state index contributed by atoms with van der Waals surface area (Å²) in [6.45, 7) is 1.17. The molecule has 0 saturated carbocycles. The van der Waals surface area contributed by atoms with Gasteiger partial charge in [-0.2, -0.15) is 0 Å². The van der Waals surface area contributed by atoms with Gasteiger partial charge in [-0.3, -0.25) is 4.79 Å². The van der Waals surface area contributed by atoms with Crippen molar-refractivity contribution >= 4 is 32.7 Å². The summed E-state index contributed by atoms with van der Waals surface area (Å²) < 4.78 is 14.4. The van der Waals surface area contributed by atoms with Gasteiger partial charge in [0.15, 0.2) is 0 Å². The number of aromatic amines is 1. The highest BCUT2D eigenvalue weighted by Crippen LogP contribution is 2.28. The van der Waals surface area contributed by atoms with Crippen LogP contribution in [0.3, 0.4) is 0 Å². The van der Waals surface area contributed by atoms with E-state index in [1.54, 1.807) is 12.1 Å². The number of fused-ring (bicyclic) bond motifs is 3. The highest BCUT2D eigenvalue weighted by Gasteiger charge is 2.24. The minimum Gasteiger partial charge on any atom is -0.357 e. The van der Waals surface area contributed by atoms with E-state index in [1.165, 1.54) is 6.07 Å². The molecule has 116 valence electrons. The summed E-state index contributed by atoms with van der Waals surface area (Å²) in [4.78, 5) is 17.8. The van der Waals surface area contributed by atoms with E-state index < -0.39 is 0 Å². The Bertz CT molecular complexity index is 901. The summed E-state index contributed by atoms with van der Waals surface area (Å²) in [5.41, 5.74) is 3.73. The molecule has 1 aliphatic heterocycles. The standard InChI is InChI=1S/C18H14BrFN2O/c19-12-3-1-11(2-4-12)18(23)22-8-7-14-15-9-13(20)5-6-16(15)21-17(14)10-22/h1-6,9,21H,7-8,10H2. The highest BCUT2D eigenvalue weighted by atomic mass is 79.9. The molecule has 1 N–H and O–H groups in total. The van der Waals surface area contributed by atoms with Gasteiger partial charge >= 0.3 is 0 Å². The number of carbonyl (C=O) groups is 1. The molecule has 0 unspecified atom stereocenters. The van der Waals surface area contributed by atoms with Crippen LogP contribution in [-0.2, 0) is 13.0 Å². The van der Waals surface area contributed by atoms with E-state index >= 15 is 0 Å². The minimum atomic E-state index is -0.229. The van der Waals surface area contributed by atoms with Crippen molar-refractivity contribution in [2.75, 3.05) is 6.54 Å². The maximum absolute atomic E-state index is 13.5. The van der Waals surface area contributed by atoms with Crippen LogP contribution in [0.1, 0.15) is 21.6 Å². The van der Waals surface area contributed by atoms with Gasteiger partial charge in [0.05, 0.1) is 6.54 Å². The topological polar surface area (TPSA) is 36.1 Å². The largest absolute Gasteiger partial charge is 0.357 e. The Morgan fingerprint density at radius 1 is 1.17 bits per heavy atom. The van der Waals surface area contributed by atoms with Crippen LogP contribution in [0.5, 0.6) is 0 Å². The number of rotatable bonds is 1. The fourth-order valence-corrected chi connectivity index (χ4v) is 3.43. The summed E-state index contributed by atoms with van der Waals surface area (Å²) in [6, 6.07) is 12.2. The molecule has 3 nitrogen and oxygen atoms in total. The number of hydrogen-bond donors (Lipinski definition) is 1. The lowest BCUT2D eigenvalue weighted by molar-refractivity contribution is 0.0733. The van der Waals surface area contributed by atoms with Crippen molar-refractivity contribution in [2.45, 2.75) is 13.0 Å². The van der Waals surface area contributed by atoms with E-state index in [4.69, 9.17) is 0 Å². The summed E-state index contributed by atoms with van der Waals surface area (Å²) in [5.74, 6) is -0.208. The van der Waals surface area contributed by atoms with Crippen LogP contribution in [0.4, 0.5) is 4.39 Å². The van der Waals surface area contributed by atoms with E-state index in [1.807, 2.05) is 29.2 Å². The number of carbonyl (C=O) groups excluding carboxylic acids is 1. The average molecular weight is 373 g/mol. The maximum Gasteiger partial charge on any atom is 0.254 e. The Morgan fingerprint density at radius 2 is 1.96 bits per heavy atom. The zero-order valence-electron chi connectivity index (χ0n) is 12.3. The first-order valence-corrected chi connectivity index (χ1v) is 8.25. The quantitative estimate of drug-likeness (QED) is 0.680.